The zero-order chi connectivity index (χ0) is 13.4. The number of nitrogens with zero attached hydrogens (tertiary/aromatic N) is 2. The van der Waals surface area contributed by atoms with Gasteiger partial charge in [-0.25, -0.2) is 0 Å². The van der Waals surface area contributed by atoms with Crippen molar-refractivity contribution < 1.29 is 0 Å². The van der Waals surface area contributed by atoms with Crippen LogP contribution in [0.1, 0.15) is 41.1 Å². The lowest BCUT2D eigenvalue weighted by Crippen LogP contribution is -2.19. The molecule has 4 rings (SSSR count). The highest BCUT2D eigenvalue weighted by molar-refractivity contribution is 5.79. The fourth-order valence-corrected chi connectivity index (χ4v) is 3.46. The molecule has 1 heterocycles. The molecule has 100 valence electrons. The van der Waals surface area contributed by atoms with Gasteiger partial charge in [-0.05, 0) is 41.5 Å². The van der Waals surface area contributed by atoms with Crippen molar-refractivity contribution in [1.82, 2.24) is 5.01 Å². The van der Waals surface area contributed by atoms with Crippen molar-refractivity contribution in [3.63, 3.8) is 0 Å². The van der Waals surface area contributed by atoms with Gasteiger partial charge in [-0.3, -0.25) is 5.01 Å². The first kappa shape index (κ1) is 11.7. The molecule has 1 unspecified atom stereocenters. The van der Waals surface area contributed by atoms with Crippen molar-refractivity contribution in [2.45, 2.75) is 31.8 Å². The van der Waals surface area contributed by atoms with E-state index in [-0.39, 0.29) is 0 Å². The molecule has 0 saturated carbocycles. The van der Waals surface area contributed by atoms with Crippen molar-refractivity contribution in [2.24, 2.45) is 5.10 Å². The summed E-state index contributed by atoms with van der Waals surface area (Å²) in [7, 11) is 0. The summed E-state index contributed by atoms with van der Waals surface area (Å²) in [5.74, 6) is 0. The molecule has 0 aromatic heterocycles. The molecule has 1 aliphatic heterocycles. The van der Waals surface area contributed by atoms with Crippen molar-refractivity contribution in [3.8, 4) is 0 Å². The molecule has 2 heteroatoms. The van der Waals surface area contributed by atoms with Crippen LogP contribution in [-0.2, 0) is 13.0 Å². The lowest BCUT2D eigenvalue weighted by atomic mass is 9.87. The molecule has 0 amide bonds. The maximum atomic E-state index is 4.74. The van der Waals surface area contributed by atoms with Gasteiger partial charge < -0.3 is 0 Å². The molecular formula is C18H18N2. The predicted molar refractivity (Wildman–Crippen MR) is 81.7 cm³/mol. The van der Waals surface area contributed by atoms with Crippen LogP contribution in [0, 0.1) is 0 Å². The molecule has 1 atom stereocenters. The van der Waals surface area contributed by atoms with Gasteiger partial charge in [0.15, 0.2) is 0 Å². The molecular weight excluding hydrogens is 244 g/mol. The first-order valence-electron chi connectivity index (χ1n) is 7.38. The zero-order valence-corrected chi connectivity index (χ0v) is 11.5. The van der Waals surface area contributed by atoms with Crippen LogP contribution in [0.5, 0.6) is 0 Å². The van der Waals surface area contributed by atoms with E-state index >= 15 is 0 Å². The van der Waals surface area contributed by atoms with Gasteiger partial charge in [0.25, 0.3) is 0 Å². The zero-order valence-electron chi connectivity index (χ0n) is 11.5. The fourth-order valence-electron chi connectivity index (χ4n) is 3.46. The monoisotopic (exact) mass is 262 g/mol. The molecule has 2 aromatic carbocycles. The number of hydrogen-bond acceptors (Lipinski definition) is 2. The summed E-state index contributed by atoms with van der Waals surface area (Å²) in [5, 5.41) is 7.01. The Morgan fingerprint density at radius 3 is 2.75 bits per heavy atom. The van der Waals surface area contributed by atoms with Gasteiger partial charge in [0, 0.05) is 0 Å². The van der Waals surface area contributed by atoms with Gasteiger partial charge in [-0.1, -0.05) is 48.5 Å². The summed E-state index contributed by atoms with van der Waals surface area (Å²) in [6.45, 7) is 0.956. The number of hydrazone groups is 1. The second-order valence-electron chi connectivity index (χ2n) is 5.65. The third-order valence-electron chi connectivity index (χ3n) is 4.39. The van der Waals surface area contributed by atoms with Crippen LogP contribution < -0.4 is 0 Å². The van der Waals surface area contributed by atoms with E-state index in [1.54, 1.807) is 5.56 Å². The number of benzene rings is 2. The van der Waals surface area contributed by atoms with Gasteiger partial charge in [0.05, 0.1) is 18.8 Å². The van der Waals surface area contributed by atoms with Crippen molar-refractivity contribution in [1.29, 1.82) is 0 Å². The first-order valence-corrected chi connectivity index (χ1v) is 7.38. The summed E-state index contributed by atoms with van der Waals surface area (Å²) in [4.78, 5) is 0. The van der Waals surface area contributed by atoms with E-state index in [4.69, 9.17) is 5.10 Å². The Labute approximate surface area is 119 Å². The van der Waals surface area contributed by atoms with E-state index in [1.165, 1.54) is 36.0 Å². The minimum Gasteiger partial charge on any atom is -0.285 e. The number of rotatable bonds is 2. The minimum atomic E-state index is 0.495. The molecule has 2 aliphatic rings. The van der Waals surface area contributed by atoms with Crippen LogP contribution in [0.25, 0.3) is 0 Å². The van der Waals surface area contributed by atoms with Gasteiger partial charge in [-0.2, -0.15) is 5.10 Å². The quantitative estimate of drug-likeness (QED) is 0.749. The van der Waals surface area contributed by atoms with Gasteiger partial charge >= 0.3 is 0 Å². The van der Waals surface area contributed by atoms with E-state index in [0.29, 0.717) is 6.04 Å². The molecule has 0 radical (unpaired) electrons. The normalized spacial score (nSPS) is 20.4. The lowest BCUT2D eigenvalue weighted by Gasteiger charge is -2.26. The van der Waals surface area contributed by atoms with E-state index in [2.05, 4.69) is 47.5 Å². The number of hydrogen-bond donors (Lipinski definition) is 0. The Morgan fingerprint density at radius 1 is 1.00 bits per heavy atom. The second-order valence-corrected chi connectivity index (χ2v) is 5.65. The second kappa shape index (κ2) is 4.78. The Kier molecular flexibility index (Phi) is 2.80. The molecule has 0 saturated heterocycles. The fraction of sp³-hybridized carbons (Fsp3) is 0.278. The van der Waals surface area contributed by atoms with Crippen LogP contribution >= 0.6 is 0 Å². The van der Waals surface area contributed by atoms with Crippen LogP contribution in [0.4, 0.5) is 0 Å². The van der Waals surface area contributed by atoms with Crippen molar-refractivity contribution >= 4 is 6.21 Å². The molecule has 0 spiro atoms. The van der Waals surface area contributed by atoms with Crippen LogP contribution in [-0.4, -0.2) is 11.2 Å². The van der Waals surface area contributed by atoms with E-state index in [1.807, 2.05) is 12.3 Å². The van der Waals surface area contributed by atoms with Gasteiger partial charge in [0.1, 0.15) is 0 Å². The average Bonchev–Trinajstić information content (AvgIpc) is 2.87. The molecule has 1 aliphatic carbocycles. The molecule has 0 N–H and O–H groups in total. The Morgan fingerprint density at radius 2 is 1.85 bits per heavy atom. The predicted octanol–water partition coefficient (Wildman–Crippen LogP) is 3.91. The minimum absolute atomic E-state index is 0.495. The Bertz CT molecular complexity index is 646. The average molecular weight is 262 g/mol. The third kappa shape index (κ3) is 1.92. The number of aryl methyl sites for hydroxylation is 1. The van der Waals surface area contributed by atoms with Crippen LogP contribution in [0.15, 0.2) is 53.6 Å². The maximum absolute atomic E-state index is 4.74. The molecule has 2 aromatic rings. The van der Waals surface area contributed by atoms with Gasteiger partial charge in [-0.15, -0.1) is 0 Å². The van der Waals surface area contributed by atoms with Crippen molar-refractivity contribution in [2.75, 3.05) is 0 Å². The standard InChI is InChI=1S/C18H18N2/c1-2-6-14(7-3-1)12-19-20-13-16-10-4-8-15-9-5-11-17(20)18(15)16/h1-4,6-8,10,12,17H,5,9,11,13H2. The Balaban J connectivity index is 1.63. The maximum Gasteiger partial charge on any atom is 0.0730 e. The summed E-state index contributed by atoms with van der Waals surface area (Å²) in [6.07, 6.45) is 5.73. The molecule has 2 nitrogen and oxygen atoms in total. The Hall–Kier alpha value is -2.09. The molecule has 20 heavy (non-hydrogen) atoms. The van der Waals surface area contributed by atoms with E-state index in [0.717, 1.165) is 6.54 Å². The van der Waals surface area contributed by atoms with Gasteiger partial charge in [0.2, 0.25) is 0 Å². The summed E-state index contributed by atoms with van der Waals surface area (Å²) in [6, 6.07) is 17.6. The largest absolute Gasteiger partial charge is 0.285 e. The van der Waals surface area contributed by atoms with E-state index in [9.17, 15) is 0 Å². The highest BCUT2D eigenvalue weighted by atomic mass is 15.5. The smallest absolute Gasteiger partial charge is 0.0730 e. The summed E-state index contributed by atoms with van der Waals surface area (Å²) >= 11 is 0. The topological polar surface area (TPSA) is 15.6 Å². The summed E-state index contributed by atoms with van der Waals surface area (Å²) < 4.78 is 0. The third-order valence-corrected chi connectivity index (χ3v) is 4.39. The molecule has 0 bridgehead atoms. The SMILES string of the molecule is C(=NN1Cc2cccc3c2C1CCC3)c1ccccc1. The van der Waals surface area contributed by atoms with Crippen molar-refractivity contribution in [3.05, 3.63) is 70.8 Å². The highest BCUT2D eigenvalue weighted by Gasteiger charge is 2.33. The van der Waals surface area contributed by atoms with E-state index < -0.39 is 0 Å². The summed E-state index contributed by atoms with van der Waals surface area (Å²) in [5.41, 5.74) is 5.73. The van der Waals surface area contributed by atoms with Crippen LogP contribution in [0.3, 0.4) is 0 Å². The first-order chi connectivity index (χ1) is 9.92. The highest BCUT2D eigenvalue weighted by Crippen LogP contribution is 2.42. The molecule has 0 fully saturated rings. The van der Waals surface area contributed by atoms with Crippen LogP contribution in [0.2, 0.25) is 0 Å². The lowest BCUT2D eigenvalue weighted by molar-refractivity contribution is 0.208.